The van der Waals surface area contributed by atoms with Gasteiger partial charge in [-0.3, -0.25) is 4.98 Å². The molecule has 1 aromatic rings. The second-order valence-electron chi connectivity index (χ2n) is 7.50. The van der Waals surface area contributed by atoms with E-state index in [1.165, 1.54) is 37.9 Å². The molecular weight excluding hydrogens is 244 g/mol. The van der Waals surface area contributed by atoms with Gasteiger partial charge in [0.2, 0.25) is 0 Å². The molecule has 0 atom stereocenters. The summed E-state index contributed by atoms with van der Waals surface area (Å²) >= 11 is 0. The number of hydrogen-bond acceptors (Lipinski definition) is 2. The van der Waals surface area contributed by atoms with E-state index in [4.69, 9.17) is 0 Å². The Morgan fingerprint density at radius 2 is 1.75 bits per heavy atom. The lowest BCUT2D eigenvalue weighted by atomic mass is 9.52. The van der Waals surface area contributed by atoms with Crippen LogP contribution in [0.2, 0.25) is 0 Å². The molecule has 5 rings (SSSR count). The minimum atomic E-state index is 0.935. The minimum Gasteiger partial charge on any atom is -0.311 e. The van der Waals surface area contributed by atoms with E-state index in [9.17, 15) is 0 Å². The second kappa shape index (κ2) is 5.14. The Hall–Kier alpha value is -0.890. The van der Waals surface area contributed by atoms with E-state index in [0.29, 0.717) is 0 Å². The molecule has 1 N–H and O–H groups in total. The number of pyridine rings is 1. The van der Waals surface area contributed by atoms with Gasteiger partial charge in [0.05, 0.1) is 5.69 Å². The normalized spacial score (nSPS) is 38.4. The van der Waals surface area contributed by atoms with E-state index in [2.05, 4.69) is 35.4 Å². The molecule has 4 aliphatic rings. The summed E-state index contributed by atoms with van der Waals surface area (Å²) in [6, 6.07) is 6.32. The fourth-order valence-electron chi connectivity index (χ4n) is 5.44. The molecule has 0 saturated heterocycles. The third-order valence-electron chi connectivity index (χ3n) is 6.05. The van der Waals surface area contributed by atoms with Crippen molar-refractivity contribution in [3.8, 4) is 0 Å². The average molecular weight is 270 g/mol. The van der Waals surface area contributed by atoms with Gasteiger partial charge in [-0.2, -0.15) is 0 Å². The summed E-state index contributed by atoms with van der Waals surface area (Å²) in [5, 5.41) is 3.69. The predicted molar refractivity (Wildman–Crippen MR) is 81.2 cm³/mol. The van der Waals surface area contributed by atoms with Gasteiger partial charge in [0.1, 0.15) is 0 Å². The Morgan fingerprint density at radius 1 is 1.05 bits per heavy atom. The summed E-state index contributed by atoms with van der Waals surface area (Å²) in [6.07, 6.45) is 7.68. The maximum atomic E-state index is 4.58. The van der Waals surface area contributed by atoms with Crippen molar-refractivity contribution >= 4 is 0 Å². The molecule has 0 unspecified atom stereocenters. The van der Waals surface area contributed by atoms with E-state index in [0.717, 1.165) is 41.8 Å². The van der Waals surface area contributed by atoms with Crippen LogP contribution in [-0.4, -0.2) is 11.5 Å². The van der Waals surface area contributed by atoms with Crippen molar-refractivity contribution in [2.24, 2.45) is 29.6 Å². The largest absolute Gasteiger partial charge is 0.311 e. The van der Waals surface area contributed by atoms with E-state index >= 15 is 0 Å². The average Bonchev–Trinajstić information content (AvgIpc) is 2.41. The van der Waals surface area contributed by atoms with Crippen LogP contribution in [0.4, 0.5) is 0 Å². The van der Waals surface area contributed by atoms with Crippen LogP contribution in [-0.2, 0) is 6.54 Å². The molecule has 0 radical (unpaired) electrons. The van der Waals surface area contributed by atoms with Gasteiger partial charge in [-0.05, 0) is 87.3 Å². The van der Waals surface area contributed by atoms with Crippen LogP contribution in [0.25, 0.3) is 0 Å². The smallest absolute Gasteiger partial charge is 0.0544 e. The minimum absolute atomic E-state index is 0.935. The Morgan fingerprint density at radius 3 is 2.40 bits per heavy atom. The molecule has 1 heterocycles. The maximum Gasteiger partial charge on any atom is 0.0544 e. The second-order valence-corrected chi connectivity index (χ2v) is 7.50. The number of aromatic nitrogens is 1. The molecule has 20 heavy (non-hydrogen) atoms. The zero-order chi connectivity index (χ0) is 13.5. The summed E-state index contributed by atoms with van der Waals surface area (Å²) in [5.74, 6) is 5.19. The fraction of sp³-hybridized carbons (Fsp3) is 0.722. The Bertz CT molecular complexity index is 454. The first-order chi connectivity index (χ1) is 9.78. The van der Waals surface area contributed by atoms with Gasteiger partial charge >= 0.3 is 0 Å². The third kappa shape index (κ3) is 2.39. The molecule has 0 spiro atoms. The zero-order valence-electron chi connectivity index (χ0n) is 12.5. The molecule has 0 amide bonds. The summed E-state index contributed by atoms with van der Waals surface area (Å²) in [4.78, 5) is 4.58. The third-order valence-corrected chi connectivity index (χ3v) is 6.05. The van der Waals surface area contributed by atoms with Crippen molar-refractivity contribution in [2.45, 2.75) is 45.6 Å². The maximum absolute atomic E-state index is 4.58. The molecule has 4 bridgehead atoms. The highest BCUT2D eigenvalue weighted by atomic mass is 14.9. The molecular formula is C18H26N2. The van der Waals surface area contributed by atoms with E-state index < -0.39 is 0 Å². The summed E-state index contributed by atoms with van der Waals surface area (Å²) in [6.45, 7) is 4.22. The highest BCUT2D eigenvalue weighted by molar-refractivity contribution is 5.09. The van der Waals surface area contributed by atoms with Gasteiger partial charge < -0.3 is 5.32 Å². The summed E-state index contributed by atoms with van der Waals surface area (Å²) in [7, 11) is 0. The van der Waals surface area contributed by atoms with Crippen molar-refractivity contribution in [1.29, 1.82) is 0 Å². The molecule has 1 aromatic heterocycles. The molecule has 108 valence electrons. The molecule has 2 nitrogen and oxygen atoms in total. The van der Waals surface area contributed by atoms with Crippen LogP contribution >= 0.6 is 0 Å². The molecule has 0 aliphatic heterocycles. The van der Waals surface area contributed by atoms with Crippen LogP contribution in [0, 0.1) is 36.5 Å². The van der Waals surface area contributed by atoms with Crippen molar-refractivity contribution in [2.75, 3.05) is 6.54 Å². The van der Waals surface area contributed by atoms with Crippen LogP contribution in [0.5, 0.6) is 0 Å². The lowest BCUT2D eigenvalue weighted by Gasteiger charge is -2.54. The number of nitrogens with one attached hydrogen (secondary N) is 1. The highest BCUT2D eigenvalue weighted by Crippen LogP contribution is 2.56. The SMILES string of the molecule is Cc1cccc(CNCC2C3CC4CC(C3)CC2C4)n1. The Balaban J connectivity index is 1.34. The van der Waals surface area contributed by atoms with E-state index in [1.807, 2.05) is 0 Å². The molecule has 4 saturated carbocycles. The van der Waals surface area contributed by atoms with Gasteiger partial charge in [0.15, 0.2) is 0 Å². The summed E-state index contributed by atoms with van der Waals surface area (Å²) < 4.78 is 0. The zero-order valence-corrected chi connectivity index (χ0v) is 12.5. The lowest BCUT2D eigenvalue weighted by molar-refractivity contribution is -0.0355. The van der Waals surface area contributed by atoms with Crippen LogP contribution in [0.3, 0.4) is 0 Å². The van der Waals surface area contributed by atoms with Gasteiger partial charge in [0, 0.05) is 12.2 Å². The Kier molecular flexibility index (Phi) is 3.30. The number of hydrogen-bond donors (Lipinski definition) is 1. The van der Waals surface area contributed by atoms with Crippen LogP contribution in [0.15, 0.2) is 18.2 Å². The first-order valence-electron chi connectivity index (χ1n) is 8.41. The molecule has 0 aromatic carbocycles. The topological polar surface area (TPSA) is 24.9 Å². The van der Waals surface area contributed by atoms with Crippen LogP contribution < -0.4 is 5.32 Å². The standard InChI is InChI=1S/C18H26N2/c1-12-3-2-4-17(20-12)10-19-11-18-15-6-13-5-14(8-15)9-16(18)7-13/h2-4,13-16,18-19H,5-11H2,1H3. The summed E-state index contributed by atoms with van der Waals surface area (Å²) in [5.41, 5.74) is 2.31. The number of rotatable bonds is 4. The van der Waals surface area contributed by atoms with Crippen molar-refractivity contribution in [3.63, 3.8) is 0 Å². The quantitative estimate of drug-likeness (QED) is 0.905. The molecule has 4 aliphatic carbocycles. The molecule has 4 fully saturated rings. The van der Waals surface area contributed by atoms with Gasteiger partial charge in [0.25, 0.3) is 0 Å². The van der Waals surface area contributed by atoms with Gasteiger partial charge in [-0.1, -0.05) is 6.07 Å². The number of aryl methyl sites for hydroxylation is 1. The Labute approximate surface area is 122 Å². The van der Waals surface area contributed by atoms with Gasteiger partial charge in [-0.25, -0.2) is 0 Å². The van der Waals surface area contributed by atoms with Crippen LogP contribution in [0.1, 0.15) is 43.5 Å². The van der Waals surface area contributed by atoms with Crippen molar-refractivity contribution in [1.82, 2.24) is 10.3 Å². The fourth-order valence-corrected chi connectivity index (χ4v) is 5.44. The first kappa shape index (κ1) is 12.8. The number of nitrogens with zero attached hydrogens (tertiary/aromatic N) is 1. The van der Waals surface area contributed by atoms with Crippen molar-refractivity contribution < 1.29 is 0 Å². The predicted octanol–water partition coefficient (Wildman–Crippen LogP) is 3.55. The van der Waals surface area contributed by atoms with E-state index in [1.54, 1.807) is 6.42 Å². The van der Waals surface area contributed by atoms with Gasteiger partial charge in [-0.15, -0.1) is 0 Å². The lowest BCUT2D eigenvalue weighted by Crippen LogP contribution is -2.48. The first-order valence-corrected chi connectivity index (χ1v) is 8.41. The van der Waals surface area contributed by atoms with E-state index in [-0.39, 0.29) is 0 Å². The monoisotopic (exact) mass is 270 g/mol. The van der Waals surface area contributed by atoms with Crippen molar-refractivity contribution in [3.05, 3.63) is 29.6 Å². The highest BCUT2D eigenvalue weighted by Gasteiger charge is 2.47. The molecule has 2 heteroatoms.